The highest BCUT2D eigenvalue weighted by Gasteiger charge is 2.04. The Labute approximate surface area is 122 Å². The van der Waals surface area contributed by atoms with Crippen molar-refractivity contribution in [3.05, 3.63) is 70.5 Å². The van der Waals surface area contributed by atoms with Gasteiger partial charge in [-0.15, -0.1) is 0 Å². The number of anilines is 1. The fourth-order valence-corrected chi connectivity index (χ4v) is 2.49. The van der Waals surface area contributed by atoms with Crippen molar-refractivity contribution in [2.75, 3.05) is 12.8 Å². The number of hydrogen-bond acceptors (Lipinski definition) is 3. The molecule has 1 aromatic heterocycles. The molecule has 0 aliphatic rings. The Morgan fingerprint density at radius 3 is 2.76 bits per heavy atom. The van der Waals surface area contributed by atoms with Crippen LogP contribution in [0.15, 0.2) is 59.5 Å². The van der Waals surface area contributed by atoms with Crippen LogP contribution < -0.4 is 15.9 Å². The van der Waals surface area contributed by atoms with E-state index in [1.54, 1.807) is 25.4 Å². The molecule has 0 atom stereocenters. The summed E-state index contributed by atoms with van der Waals surface area (Å²) in [6.07, 6.45) is 1.81. The molecule has 0 aliphatic heterocycles. The van der Waals surface area contributed by atoms with Gasteiger partial charge < -0.3 is 15.0 Å². The summed E-state index contributed by atoms with van der Waals surface area (Å²) in [6, 6.07) is 14.8. The fourth-order valence-electron chi connectivity index (χ4n) is 2.49. The monoisotopic (exact) mass is 280 g/mol. The van der Waals surface area contributed by atoms with Crippen LogP contribution in [0.5, 0.6) is 5.75 Å². The van der Waals surface area contributed by atoms with Crippen LogP contribution in [0, 0.1) is 0 Å². The maximum Gasteiger partial charge on any atom is 0.189 e. The van der Waals surface area contributed by atoms with Crippen molar-refractivity contribution in [3.63, 3.8) is 0 Å². The SMILES string of the molecule is COc1cc(N)cc(Cn2ccc(=O)c3ccccc32)c1. The van der Waals surface area contributed by atoms with Gasteiger partial charge in [0.05, 0.1) is 12.6 Å². The number of hydrogen-bond donors (Lipinski definition) is 1. The Balaban J connectivity index is 2.08. The van der Waals surface area contributed by atoms with Gasteiger partial charge in [0.1, 0.15) is 5.75 Å². The number of rotatable bonds is 3. The van der Waals surface area contributed by atoms with Crippen LogP contribution in [0.3, 0.4) is 0 Å². The molecule has 106 valence electrons. The van der Waals surface area contributed by atoms with Gasteiger partial charge in [-0.1, -0.05) is 12.1 Å². The second kappa shape index (κ2) is 5.32. The summed E-state index contributed by atoms with van der Waals surface area (Å²) in [5, 5.41) is 0.718. The highest BCUT2D eigenvalue weighted by Crippen LogP contribution is 2.20. The van der Waals surface area contributed by atoms with Gasteiger partial charge in [0.2, 0.25) is 0 Å². The molecular formula is C17H16N2O2. The van der Waals surface area contributed by atoms with Crippen LogP contribution in [-0.2, 0) is 6.54 Å². The molecule has 3 rings (SSSR count). The fraction of sp³-hybridized carbons (Fsp3) is 0.118. The number of para-hydroxylation sites is 1. The van der Waals surface area contributed by atoms with Gasteiger partial charge >= 0.3 is 0 Å². The van der Waals surface area contributed by atoms with Gasteiger partial charge in [-0.25, -0.2) is 0 Å². The van der Waals surface area contributed by atoms with E-state index in [1.165, 1.54) is 0 Å². The first kappa shape index (κ1) is 13.2. The predicted molar refractivity (Wildman–Crippen MR) is 84.7 cm³/mol. The standard InChI is InChI=1S/C17H16N2O2/c1-21-14-9-12(8-13(18)10-14)11-19-7-6-17(20)15-4-2-3-5-16(15)19/h2-10H,11,18H2,1H3. The molecule has 3 aromatic rings. The molecule has 1 heterocycles. The highest BCUT2D eigenvalue weighted by molar-refractivity contribution is 5.78. The van der Waals surface area contributed by atoms with Gasteiger partial charge in [-0.2, -0.15) is 0 Å². The van der Waals surface area contributed by atoms with Gasteiger partial charge in [0.15, 0.2) is 5.43 Å². The quantitative estimate of drug-likeness (QED) is 0.750. The number of fused-ring (bicyclic) bond motifs is 1. The second-order valence-corrected chi connectivity index (χ2v) is 4.94. The second-order valence-electron chi connectivity index (χ2n) is 4.94. The lowest BCUT2D eigenvalue weighted by Crippen LogP contribution is -2.09. The number of aromatic nitrogens is 1. The Kier molecular flexibility index (Phi) is 3.36. The molecule has 0 aliphatic carbocycles. The van der Waals surface area contributed by atoms with Crippen molar-refractivity contribution in [2.45, 2.75) is 6.54 Å². The third-order valence-corrected chi connectivity index (χ3v) is 3.46. The van der Waals surface area contributed by atoms with Crippen LogP contribution >= 0.6 is 0 Å². The Morgan fingerprint density at radius 1 is 1.14 bits per heavy atom. The van der Waals surface area contributed by atoms with Crippen molar-refractivity contribution < 1.29 is 4.74 Å². The van der Waals surface area contributed by atoms with Crippen LogP contribution in [0.25, 0.3) is 10.9 Å². The van der Waals surface area contributed by atoms with E-state index >= 15 is 0 Å². The highest BCUT2D eigenvalue weighted by atomic mass is 16.5. The molecule has 0 saturated carbocycles. The first-order chi connectivity index (χ1) is 10.2. The molecule has 0 fully saturated rings. The molecule has 0 spiro atoms. The number of ether oxygens (including phenoxy) is 1. The summed E-state index contributed by atoms with van der Waals surface area (Å²) in [6.45, 7) is 0.627. The summed E-state index contributed by atoms with van der Waals surface area (Å²) in [5.41, 5.74) is 8.52. The number of methoxy groups -OCH3 is 1. The molecule has 2 N–H and O–H groups in total. The third-order valence-electron chi connectivity index (χ3n) is 3.46. The minimum atomic E-state index is 0.0343. The molecule has 4 heteroatoms. The summed E-state index contributed by atoms with van der Waals surface area (Å²) >= 11 is 0. The average Bonchev–Trinajstić information content (AvgIpc) is 2.50. The maximum atomic E-state index is 11.9. The van der Waals surface area contributed by atoms with E-state index in [0.29, 0.717) is 12.2 Å². The minimum absolute atomic E-state index is 0.0343. The molecule has 2 aromatic carbocycles. The van der Waals surface area contributed by atoms with E-state index in [-0.39, 0.29) is 5.43 Å². The van der Waals surface area contributed by atoms with E-state index in [9.17, 15) is 4.79 Å². The lowest BCUT2D eigenvalue weighted by Gasteiger charge is -2.12. The van der Waals surface area contributed by atoms with Gasteiger partial charge in [-0.3, -0.25) is 4.79 Å². The zero-order valence-corrected chi connectivity index (χ0v) is 11.7. The smallest absolute Gasteiger partial charge is 0.189 e. The largest absolute Gasteiger partial charge is 0.497 e. The van der Waals surface area contributed by atoms with Crippen molar-refractivity contribution >= 4 is 16.6 Å². The van der Waals surface area contributed by atoms with Crippen LogP contribution in [-0.4, -0.2) is 11.7 Å². The molecule has 0 saturated heterocycles. The van der Waals surface area contributed by atoms with Crippen molar-refractivity contribution in [2.24, 2.45) is 0 Å². The summed E-state index contributed by atoms with van der Waals surface area (Å²) in [5.74, 6) is 0.732. The predicted octanol–water partition coefficient (Wildman–Crippen LogP) is 2.64. The van der Waals surface area contributed by atoms with Crippen molar-refractivity contribution in [1.82, 2.24) is 4.57 Å². The van der Waals surface area contributed by atoms with Crippen LogP contribution in [0.1, 0.15) is 5.56 Å². The maximum absolute atomic E-state index is 11.9. The first-order valence-corrected chi connectivity index (χ1v) is 6.69. The van der Waals surface area contributed by atoms with E-state index < -0.39 is 0 Å². The minimum Gasteiger partial charge on any atom is -0.497 e. The van der Waals surface area contributed by atoms with E-state index in [2.05, 4.69) is 0 Å². The summed E-state index contributed by atoms with van der Waals surface area (Å²) < 4.78 is 7.27. The van der Waals surface area contributed by atoms with Crippen molar-refractivity contribution in [1.29, 1.82) is 0 Å². The number of pyridine rings is 1. The van der Waals surface area contributed by atoms with E-state index in [1.807, 2.05) is 41.0 Å². The molecule has 0 amide bonds. The molecular weight excluding hydrogens is 264 g/mol. The van der Waals surface area contributed by atoms with Gasteiger partial charge in [-0.05, 0) is 29.8 Å². The average molecular weight is 280 g/mol. The first-order valence-electron chi connectivity index (χ1n) is 6.69. The normalized spacial score (nSPS) is 10.7. The summed E-state index contributed by atoms with van der Waals surface area (Å²) in [4.78, 5) is 11.9. The lowest BCUT2D eigenvalue weighted by atomic mass is 10.1. The zero-order chi connectivity index (χ0) is 14.8. The number of nitrogens with two attached hydrogens (primary N) is 1. The number of nitrogens with zero attached hydrogens (tertiary/aromatic N) is 1. The topological polar surface area (TPSA) is 57.2 Å². The number of nitrogen functional groups attached to an aromatic ring is 1. The Bertz CT molecular complexity index is 853. The van der Waals surface area contributed by atoms with Crippen LogP contribution in [0.4, 0.5) is 5.69 Å². The number of benzene rings is 2. The Hall–Kier alpha value is -2.75. The third kappa shape index (κ3) is 2.60. The molecule has 0 unspecified atom stereocenters. The van der Waals surface area contributed by atoms with Gasteiger partial charge in [0.25, 0.3) is 0 Å². The Morgan fingerprint density at radius 2 is 1.95 bits per heavy atom. The molecule has 4 nitrogen and oxygen atoms in total. The molecule has 0 radical (unpaired) electrons. The lowest BCUT2D eigenvalue weighted by molar-refractivity contribution is 0.414. The molecule has 21 heavy (non-hydrogen) atoms. The van der Waals surface area contributed by atoms with Gasteiger partial charge in [0, 0.05) is 35.9 Å². The van der Waals surface area contributed by atoms with E-state index in [0.717, 1.165) is 22.2 Å². The zero-order valence-electron chi connectivity index (χ0n) is 11.7. The van der Waals surface area contributed by atoms with Crippen molar-refractivity contribution in [3.8, 4) is 5.75 Å². The van der Waals surface area contributed by atoms with Crippen LogP contribution in [0.2, 0.25) is 0 Å². The summed E-state index contributed by atoms with van der Waals surface area (Å²) in [7, 11) is 1.62. The van der Waals surface area contributed by atoms with E-state index in [4.69, 9.17) is 10.5 Å². The molecule has 0 bridgehead atoms.